The number of aromatic nitrogens is 2. The average Bonchev–Trinajstić information content (AvgIpc) is 2.48. The summed E-state index contributed by atoms with van der Waals surface area (Å²) in [6.45, 7) is 2.79. The molecular weight excluding hydrogens is 254 g/mol. The van der Waals surface area contributed by atoms with E-state index < -0.39 is 0 Å². The minimum Gasteiger partial charge on any atom is -0.495 e. The molecule has 2 N–H and O–H groups in total. The van der Waals surface area contributed by atoms with Gasteiger partial charge in [0.25, 0.3) is 0 Å². The fraction of sp³-hybridized carbons (Fsp3) is 0.214. The van der Waals surface area contributed by atoms with Crippen LogP contribution in [0.15, 0.2) is 30.6 Å². The van der Waals surface area contributed by atoms with E-state index >= 15 is 0 Å². The monoisotopic (exact) mass is 269 g/mol. The van der Waals surface area contributed by atoms with Crippen LogP contribution in [-0.2, 0) is 0 Å². The van der Waals surface area contributed by atoms with Crippen LogP contribution in [0.4, 0.5) is 17.3 Å². The Bertz CT molecular complexity index is 636. The van der Waals surface area contributed by atoms with Gasteiger partial charge in [-0.15, -0.1) is 0 Å². The van der Waals surface area contributed by atoms with Crippen LogP contribution in [-0.4, -0.2) is 23.6 Å². The lowest BCUT2D eigenvalue weighted by Gasteiger charge is -2.11. The number of nitrogens with zero attached hydrogens (tertiary/aromatic N) is 3. The molecule has 2 rings (SSSR count). The first-order valence-electron chi connectivity index (χ1n) is 6.18. The van der Waals surface area contributed by atoms with Crippen LogP contribution in [0.2, 0.25) is 0 Å². The Kier molecular flexibility index (Phi) is 4.35. The zero-order valence-corrected chi connectivity index (χ0v) is 11.3. The highest BCUT2D eigenvalue weighted by Crippen LogP contribution is 2.28. The predicted molar refractivity (Wildman–Crippen MR) is 77.2 cm³/mol. The van der Waals surface area contributed by atoms with Crippen molar-refractivity contribution in [1.82, 2.24) is 9.97 Å². The highest BCUT2D eigenvalue weighted by molar-refractivity contribution is 5.66. The Hall–Kier alpha value is -2.81. The number of hydrogen-bond donors (Lipinski definition) is 2. The summed E-state index contributed by atoms with van der Waals surface area (Å²) in [5.41, 5.74) is 1.29. The maximum Gasteiger partial charge on any atom is 0.143 e. The van der Waals surface area contributed by atoms with E-state index in [0.29, 0.717) is 17.1 Å². The van der Waals surface area contributed by atoms with Crippen molar-refractivity contribution in [3.63, 3.8) is 0 Å². The summed E-state index contributed by atoms with van der Waals surface area (Å²) in [5.74, 6) is 1.99. The second kappa shape index (κ2) is 6.38. The highest BCUT2D eigenvalue weighted by Gasteiger charge is 2.06. The Morgan fingerprint density at radius 3 is 2.75 bits per heavy atom. The van der Waals surface area contributed by atoms with E-state index in [1.54, 1.807) is 31.4 Å². The van der Waals surface area contributed by atoms with Crippen LogP contribution in [0.3, 0.4) is 0 Å². The zero-order valence-electron chi connectivity index (χ0n) is 11.3. The van der Waals surface area contributed by atoms with E-state index in [4.69, 9.17) is 10.00 Å². The number of nitrogens with one attached hydrogen (secondary N) is 2. The number of methoxy groups -OCH3 is 1. The van der Waals surface area contributed by atoms with Crippen molar-refractivity contribution in [3.8, 4) is 11.8 Å². The highest BCUT2D eigenvalue weighted by atomic mass is 16.5. The van der Waals surface area contributed by atoms with Gasteiger partial charge in [0.05, 0.1) is 24.4 Å². The van der Waals surface area contributed by atoms with Crippen molar-refractivity contribution in [2.75, 3.05) is 24.3 Å². The van der Waals surface area contributed by atoms with Gasteiger partial charge in [0, 0.05) is 18.7 Å². The molecule has 6 nitrogen and oxygen atoms in total. The third-order valence-corrected chi connectivity index (χ3v) is 2.62. The first-order valence-corrected chi connectivity index (χ1v) is 6.18. The third-order valence-electron chi connectivity index (χ3n) is 2.62. The van der Waals surface area contributed by atoms with Crippen LogP contribution in [0.5, 0.6) is 5.75 Å². The second-order valence-electron chi connectivity index (χ2n) is 3.97. The molecule has 2 aromatic rings. The molecule has 0 saturated carbocycles. The molecule has 0 amide bonds. The molecule has 0 spiro atoms. The lowest BCUT2D eigenvalue weighted by atomic mass is 10.2. The number of hydrogen-bond acceptors (Lipinski definition) is 6. The standard InChI is InChI=1S/C14H15N5O/c1-3-16-13-7-14(18-9-17-13)19-11-5-4-10(8-15)6-12(11)20-2/h4-7,9H,3H2,1-2H3,(H2,16,17,18,19). The normalized spacial score (nSPS) is 9.65. The number of nitriles is 1. The van der Waals surface area contributed by atoms with E-state index in [-0.39, 0.29) is 0 Å². The second-order valence-corrected chi connectivity index (χ2v) is 3.97. The topological polar surface area (TPSA) is 82.9 Å². The van der Waals surface area contributed by atoms with Crippen molar-refractivity contribution in [2.24, 2.45) is 0 Å². The lowest BCUT2D eigenvalue weighted by molar-refractivity contribution is 0.416. The van der Waals surface area contributed by atoms with Crippen LogP contribution in [0.25, 0.3) is 0 Å². The van der Waals surface area contributed by atoms with E-state index in [0.717, 1.165) is 18.1 Å². The molecule has 0 unspecified atom stereocenters. The van der Waals surface area contributed by atoms with Gasteiger partial charge in [-0.2, -0.15) is 5.26 Å². The zero-order chi connectivity index (χ0) is 14.4. The smallest absolute Gasteiger partial charge is 0.143 e. The molecular formula is C14H15N5O. The molecule has 0 aliphatic heterocycles. The molecule has 0 aliphatic rings. The number of benzene rings is 1. The molecule has 102 valence electrons. The number of anilines is 3. The predicted octanol–water partition coefficient (Wildman–Crippen LogP) is 2.53. The van der Waals surface area contributed by atoms with Crippen molar-refractivity contribution < 1.29 is 4.74 Å². The van der Waals surface area contributed by atoms with Gasteiger partial charge >= 0.3 is 0 Å². The molecule has 0 bridgehead atoms. The molecule has 0 atom stereocenters. The summed E-state index contributed by atoms with van der Waals surface area (Å²) in [7, 11) is 1.56. The van der Waals surface area contributed by atoms with Gasteiger partial charge in [-0.3, -0.25) is 0 Å². The fourth-order valence-corrected chi connectivity index (χ4v) is 1.71. The van der Waals surface area contributed by atoms with E-state index in [2.05, 4.69) is 26.7 Å². The van der Waals surface area contributed by atoms with Crippen molar-refractivity contribution in [3.05, 3.63) is 36.2 Å². The first-order chi connectivity index (χ1) is 9.76. The third kappa shape index (κ3) is 3.14. The summed E-state index contributed by atoms with van der Waals surface area (Å²) in [5, 5.41) is 15.1. The summed E-state index contributed by atoms with van der Waals surface area (Å²) >= 11 is 0. The lowest BCUT2D eigenvalue weighted by Crippen LogP contribution is -2.02. The van der Waals surface area contributed by atoms with Crippen molar-refractivity contribution in [2.45, 2.75) is 6.92 Å². The van der Waals surface area contributed by atoms with Crippen LogP contribution in [0, 0.1) is 11.3 Å². The van der Waals surface area contributed by atoms with Crippen LogP contribution in [0.1, 0.15) is 12.5 Å². The molecule has 0 saturated heterocycles. The van der Waals surface area contributed by atoms with Crippen LogP contribution < -0.4 is 15.4 Å². The number of ether oxygens (including phenoxy) is 1. The molecule has 0 aliphatic carbocycles. The Morgan fingerprint density at radius 1 is 1.25 bits per heavy atom. The quantitative estimate of drug-likeness (QED) is 0.867. The molecule has 0 radical (unpaired) electrons. The van der Waals surface area contributed by atoms with Gasteiger partial charge in [-0.05, 0) is 19.1 Å². The molecule has 1 heterocycles. The fourth-order valence-electron chi connectivity index (χ4n) is 1.71. The Balaban J connectivity index is 2.25. The average molecular weight is 269 g/mol. The van der Waals surface area contributed by atoms with Gasteiger partial charge in [0.2, 0.25) is 0 Å². The Morgan fingerprint density at radius 2 is 2.05 bits per heavy atom. The van der Waals surface area contributed by atoms with E-state index in [1.807, 2.05) is 6.92 Å². The minimum absolute atomic E-state index is 0.545. The van der Waals surface area contributed by atoms with Gasteiger partial charge < -0.3 is 15.4 Å². The summed E-state index contributed by atoms with van der Waals surface area (Å²) in [4.78, 5) is 8.26. The summed E-state index contributed by atoms with van der Waals surface area (Å²) < 4.78 is 5.27. The van der Waals surface area contributed by atoms with E-state index in [1.165, 1.54) is 6.33 Å². The first kappa shape index (κ1) is 13.6. The van der Waals surface area contributed by atoms with Crippen molar-refractivity contribution >= 4 is 17.3 Å². The van der Waals surface area contributed by atoms with Crippen LogP contribution >= 0.6 is 0 Å². The Labute approximate surface area is 117 Å². The van der Waals surface area contributed by atoms with Gasteiger partial charge in [0.1, 0.15) is 23.7 Å². The largest absolute Gasteiger partial charge is 0.495 e. The number of rotatable bonds is 5. The maximum absolute atomic E-state index is 8.88. The van der Waals surface area contributed by atoms with E-state index in [9.17, 15) is 0 Å². The molecule has 1 aromatic heterocycles. The van der Waals surface area contributed by atoms with Gasteiger partial charge in [-0.25, -0.2) is 9.97 Å². The molecule has 0 fully saturated rings. The van der Waals surface area contributed by atoms with Crippen molar-refractivity contribution in [1.29, 1.82) is 5.26 Å². The minimum atomic E-state index is 0.545. The molecule has 1 aromatic carbocycles. The van der Waals surface area contributed by atoms with Gasteiger partial charge in [0.15, 0.2) is 0 Å². The molecule has 6 heteroatoms. The van der Waals surface area contributed by atoms with Gasteiger partial charge in [-0.1, -0.05) is 0 Å². The maximum atomic E-state index is 8.88. The summed E-state index contributed by atoms with van der Waals surface area (Å²) in [6, 6.07) is 9.06. The summed E-state index contributed by atoms with van der Waals surface area (Å²) in [6.07, 6.45) is 1.48. The SMILES string of the molecule is CCNc1cc(Nc2ccc(C#N)cc2OC)ncn1. The molecule has 20 heavy (non-hydrogen) atoms.